The first kappa shape index (κ1) is 11.2. The number of nitrogens with one attached hydrogen (secondary N) is 2. The Labute approximate surface area is 106 Å². The van der Waals surface area contributed by atoms with Crippen molar-refractivity contribution in [1.82, 2.24) is 20.1 Å². The molecule has 2 aromatic heterocycles. The Morgan fingerprint density at radius 1 is 1.37 bits per heavy atom. The summed E-state index contributed by atoms with van der Waals surface area (Å²) in [6.45, 7) is 0.370. The van der Waals surface area contributed by atoms with E-state index in [1.165, 1.54) is 12.7 Å². The number of nitrogens with zero attached hydrogens (tertiary/aromatic N) is 3. The zero-order valence-electron chi connectivity index (χ0n) is 9.75. The fourth-order valence-corrected chi connectivity index (χ4v) is 1.73. The number of aromatic nitrogens is 4. The lowest BCUT2D eigenvalue weighted by Crippen LogP contribution is -2.09. The number of hydrogen-bond donors (Lipinski definition) is 3. The predicted octanol–water partition coefficient (Wildman–Crippen LogP) is 0.500. The first-order chi connectivity index (χ1) is 9.24. The summed E-state index contributed by atoms with van der Waals surface area (Å²) in [4.78, 5) is 22.1. The summed E-state index contributed by atoms with van der Waals surface area (Å²) in [7, 11) is 0. The molecule has 0 bridgehead atoms. The monoisotopic (exact) mass is 258 g/mol. The fraction of sp³-hybridized carbons (Fsp3) is 0.0909. The zero-order chi connectivity index (χ0) is 13.2. The molecule has 4 N–H and O–H groups in total. The van der Waals surface area contributed by atoms with Crippen LogP contribution in [-0.2, 0) is 6.54 Å². The van der Waals surface area contributed by atoms with Crippen molar-refractivity contribution in [2.45, 2.75) is 6.54 Å². The number of anilines is 2. The minimum atomic E-state index is -0.221. The van der Waals surface area contributed by atoms with Crippen LogP contribution >= 0.6 is 0 Å². The van der Waals surface area contributed by atoms with Gasteiger partial charge in [0.25, 0.3) is 5.56 Å². The molecule has 0 saturated heterocycles. The van der Waals surface area contributed by atoms with Crippen LogP contribution in [0.2, 0.25) is 0 Å². The first-order valence-electron chi connectivity index (χ1n) is 5.50. The van der Waals surface area contributed by atoms with Gasteiger partial charge in [-0.05, 0) is 12.1 Å². The number of H-pyrrole nitrogens is 1. The van der Waals surface area contributed by atoms with Gasteiger partial charge in [0.15, 0.2) is 5.82 Å². The van der Waals surface area contributed by atoms with Gasteiger partial charge in [-0.2, -0.15) is 4.98 Å². The Morgan fingerprint density at radius 2 is 2.26 bits per heavy atom. The molecule has 0 aliphatic carbocycles. The molecule has 0 spiro atoms. The van der Waals surface area contributed by atoms with Crippen molar-refractivity contribution in [3.05, 3.63) is 41.0 Å². The maximum Gasteiger partial charge on any atom is 0.258 e. The van der Waals surface area contributed by atoms with Crippen LogP contribution in [0.25, 0.3) is 10.9 Å². The summed E-state index contributed by atoms with van der Waals surface area (Å²) in [6.07, 6.45) is 2.60. The largest absolute Gasteiger partial charge is 0.397 e. The molecule has 0 fully saturated rings. The van der Waals surface area contributed by atoms with Gasteiger partial charge in [-0.25, -0.2) is 4.98 Å². The molecule has 8 heteroatoms. The summed E-state index contributed by atoms with van der Waals surface area (Å²) >= 11 is 0. The van der Waals surface area contributed by atoms with Crippen LogP contribution in [0.4, 0.5) is 11.4 Å². The van der Waals surface area contributed by atoms with Crippen molar-refractivity contribution in [3.63, 3.8) is 0 Å². The molecule has 0 amide bonds. The molecule has 0 atom stereocenters. The molecule has 2 heterocycles. The van der Waals surface area contributed by atoms with Gasteiger partial charge in [0.1, 0.15) is 0 Å². The topological polar surface area (TPSA) is 123 Å². The molecular formula is C11H10N6O2. The third-order valence-electron chi connectivity index (χ3n) is 2.66. The highest BCUT2D eigenvalue weighted by Gasteiger charge is 2.06. The normalized spacial score (nSPS) is 10.7. The molecule has 96 valence electrons. The highest BCUT2D eigenvalue weighted by atomic mass is 16.5. The van der Waals surface area contributed by atoms with E-state index in [1.54, 1.807) is 12.1 Å². The highest BCUT2D eigenvalue weighted by molar-refractivity contribution is 5.88. The number of nitrogens with two attached hydrogens (primary N) is 1. The van der Waals surface area contributed by atoms with Gasteiger partial charge in [0.05, 0.1) is 35.1 Å². The maximum atomic E-state index is 11.6. The van der Waals surface area contributed by atoms with Gasteiger partial charge >= 0.3 is 0 Å². The minimum Gasteiger partial charge on any atom is -0.397 e. The number of rotatable bonds is 3. The first-order valence-corrected chi connectivity index (χ1v) is 5.50. The molecule has 0 aliphatic heterocycles. The maximum absolute atomic E-state index is 11.6. The average Bonchev–Trinajstić information content (AvgIpc) is 2.91. The summed E-state index contributed by atoms with van der Waals surface area (Å²) in [6, 6.07) is 3.29. The Hall–Kier alpha value is -2.90. The minimum absolute atomic E-state index is 0.221. The van der Waals surface area contributed by atoms with Crippen LogP contribution in [0.1, 0.15) is 5.82 Å². The second-order valence-corrected chi connectivity index (χ2v) is 3.89. The van der Waals surface area contributed by atoms with Gasteiger partial charge in [-0.15, -0.1) is 0 Å². The smallest absolute Gasteiger partial charge is 0.258 e. The van der Waals surface area contributed by atoms with Crippen LogP contribution in [0.5, 0.6) is 0 Å². The number of nitrogen functional groups attached to an aromatic ring is 1. The fourth-order valence-electron chi connectivity index (χ4n) is 1.73. The van der Waals surface area contributed by atoms with E-state index in [0.29, 0.717) is 34.6 Å². The van der Waals surface area contributed by atoms with Crippen LogP contribution < -0.4 is 16.6 Å². The molecule has 0 aliphatic rings. The summed E-state index contributed by atoms with van der Waals surface area (Å²) in [5, 5.41) is 7.19. The molecule has 3 aromatic rings. The Balaban J connectivity index is 1.95. The van der Waals surface area contributed by atoms with E-state index in [4.69, 9.17) is 5.73 Å². The van der Waals surface area contributed by atoms with Gasteiger partial charge in [-0.3, -0.25) is 4.79 Å². The van der Waals surface area contributed by atoms with Crippen LogP contribution in [-0.4, -0.2) is 20.1 Å². The van der Waals surface area contributed by atoms with Crippen molar-refractivity contribution in [2.75, 3.05) is 11.1 Å². The lowest BCUT2D eigenvalue weighted by Gasteiger charge is -2.08. The molecular weight excluding hydrogens is 248 g/mol. The molecule has 0 unspecified atom stereocenters. The van der Waals surface area contributed by atoms with E-state index < -0.39 is 0 Å². The molecule has 1 aromatic carbocycles. The third kappa shape index (κ3) is 2.10. The van der Waals surface area contributed by atoms with Crippen molar-refractivity contribution >= 4 is 22.3 Å². The Bertz CT molecular complexity index is 764. The van der Waals surface area contributed by atoms with E-state index in [2.05, 4.69) is 29.9 Å². The summed E-state index contributed by atoms with van der Waals surface area (Å²) < 4.78 is 4.63. The van der Waals surface area contributed by atoms with E-state index >= 15 is 0 Å². The number of aromatic amines is 1. The molecule has 19 heavy (non-hydrogen) atoms. The quantitative estimate of drug-likeness (QED) is 0.584. The molecule has 3 rings (SSSR count). The number of benzene rings is 1. The lowest BCUT2D eigenvalue weighted by molar-refractivity contribution is 0.411. The predicted molar refractivity (Wildman–Crippen MR) is 68.4 cm³/mol. The Kier molecular flexibility index (Phi) is 2.60. The van der Waals surface area contributed by atoms with Crippen LogP contribution in [0, 0.1) is 0 Å². The average molecular weight is 258 g/mol. The number of hydrogen-bond acceptors (Lipinski definition) is 7. The highest BCUT2D eigenvalue weighted by Crippen LogP contribution is 2.23. The van der Waals surface area contributed by atoms with E-state index in [0.717, 1.165) is 0 Å². The number of fused-ring (bicyclic) bond motifs is 1. The van der Waals surface area contributed by atoms with Gasteiger partial charge in [0, 0.05) is 0 Å². The van der Waals surface area contributed by atoms with E-state index in [-0.39, 0.29) is 5.56 Å². The van der Waals surface area contributed by atoms with E-state index in [9.17, 15) is 4.79 Å². The van der Waals surface area contributed by atoms with Crippen LogP contribution in [0.3, 0.4) is 0 Å². The third-order valence-corrected chi connectivity index (χ3v) is 2.66. The Morgan fingerprint density at radius 3 is 3.05 bits per heavy atom. The van der Waals surface area contributed by atoms with Gasteiger partial charge in [0.2, 0.25) is 6.39 Å². The molecule has 8 nitrogen and oxygen atoms in total. The summed E-state index contributed by atoms with van der Waals surface area (Å²) in [5.41, 5.74) is 7.35. The van der Waals surface area contributed by atoms with Crippen LogP contribution in [0.15, 0.2) is 34.2 Å². The standard InChI is InChI=1S/C11H10N6O2/c12-7-1-6-8(14-4-15-11(6)18)2-9(7)13-3-10-16-5-19-17-10/h1-2,4-5,13H,3,12H2,(H,14,15,18). The summed E-state index contributed by atoms with van der Waals surface area (Å²) in [5.74, 6) is 0.512. The van der Waals surface area contributed by atoms with Crippen molar-refractivity contribution in [3.8, 4) is 0 Å². The lowest BCUT2D eigenvalue weighted by atomic mass is 10.2. The van der Waals surface area contributed by atoms with Crippen molar-refractivity contribution in [1.29, 1.82) is 0 Å². The second kappa shape index (κ2) is 4.41. The second-order valence-electron chi connectivity index (χ2n) is 3.89. The van der Waals surface area contributed by atoms with E-state index in [1.807, 2.05) is 0 Å². The molecule has 0 saturated carbocycles. The van der Waals surface area contributed by atoms with Gasteiger partial charge < -0.3 is 20.6 Å². The zero-order valence-corrected chi connectivity index (χ0v) is 9.75. The van der Waals surface area contributed by atoms with Crippen molar-refractivity contribution < 1.29 is 4.52 Å². The van der Waals surface area contributed by atoms with Crippen molar-refractivity contribution in [2.24, 2.45) is 0 Å². The SMILES string of the molecule is Nc1cc2c(=O)[nH]cnc2cc1NCc1ncon1. The van der Waals surface area contributed by atoms with Gasteiger partial charge in [-0.1, -0.05) is 5.16 Å². The molecule has 0 radical (unpaired) electrons.